The van der Waals surface area contributed by atoms with E-state index in [9.17, 15) is 4.79 Å². The average Bonchev–Trinajstić information content (AvgIpc) is 2.50. The van der Waals surface area contributed by atoms with Gasteiger partial charge >= 0.3 is 0 Å². The minimum Gasteiger partial charge on any atom is -0.493 e. The lowest BCUT2D eigenvalue weighted by atomic mass is 10.1. The average molecular weight is 317 g/mol. The third-order valence-electron chi connectivity index (χ3n) is 2.98. The molecule has 2 rings (SSSR count). The first-order chi connectivity index (χ1) is 9.76. The highest BCUT2D eigenvalue weighted by molar-refractivity contribution is 5.95. The summed E-state index contributed by atoms with van der Waals surface area (Å²) in [5, 5.41) is 5.89. The molecule has 7 heteroatoms. The van der Waals surface area contributed by atoms with Gasteiger partial charge in [-0.3, -0.25) is 4.79 Å². The summed E-state index contributed by atoms with van der Waals surface area (Å²) in [6.07, 6.45) is 0.879. The number of ether oxygens (including phenoxy) is 3. The molecule has 0 unspecified atom stereocenters. The fourth-order valence-corrected chi connectivity index (χ4v) is 1.97. The fourth-order valence-electron chi connectivity index (χ4n) is 1.97. The monoisotopic (exact) mass is 316 g/mol. The van der Waals surface area contributed by atoms with Crippen molar-refractivity contribution in [3.63, 3.8) is 0 Å². The van der Waals surface area contributed by atoms with Gasteiger partial charge in [-0.25, -0.2) is 0 Å². The number of fused-ring (bicyclic) bond motifs is 1. The predicted molar refractivity (Wildman–Crippen MR) is 82.1 cm³/mol. The molecule has 0 fully saturated rings. The number of halogens is 1. The summed E-state index contributed by atoms with van der Waals surface area (Å²) in [6, 6.07) is 3.35. The molecular formula is C14H21ClN2O4. The number of hydrogen-bond donors (Lipinski definition) is 2. The van der Waals surface area contributed by atoms with E-state index in [1.165, 1.54) is 0 Å². The largest absolute Gasteiger partial charge is 0.493 e. The molecule has 0 bridgehead atoms. The van der Waals surface area contributed by atoms with E-state index in [4.69, 9.17) is 14.2 Å². The van der Waals surface area contributed by atoms with E-state index in [-0.39, 0.29) is 18.3 Å². The Morgan fingerprint density at radius 2 is 2.05 bits per heavy atom. The Balaban J connectivity index is 0.00000220. The van der Waals surface area contributed by atoms with Crippen molar-refractivity contribution >= 4 is 18.3 Å². The molecule has 1 amide bonds. The van der Waals surface area contributed by atoms with Crippen LogP contribution < -0.4 is 24.8 Å². The summed E-state index contributed by atoms with van der Waals surface area (Å²) < 4.78 is 16.3. The van der Waals surface area contributed by atoms with Crippen LogP contribution in [-0.4, -0.2) is 46.4 Å². The third-order valence-corrected chi connectivity index (χ3v) is 2.98. The van der Waals surface area contributed by atoms with E-state index >= 15 is 0 Å². The minimum atomic E-state index is -0.142. The zero-order valence-electron chi connectivity index (χ0n) is 12.2. The molecule has 6 nitrogen and oxygen atoms in total. The predicted octanol–water partition coefficient (Wildman–Crippen LogP) is 1.23. The molecule has 118 valence electrons. The van der Waals surface area contributed by atoms with E-state index in [1.54, 1.807) is 19.2 Å². The molecule has 0 aromatic heterocycles. The summed E-state index contributed by atoms with van der Waals surface area (Å²) in [4.78, 5) is 12.1. The van der Waals surface area contributed by atoms with Crippen molar-refractivity contribution in [3.8, 4) is 17.2 Å². The van der Waals surface area contributed by atoms with Gasteiger partial charge in [0.1, 0.15) is 13.2 Å². The van der Waals surface area contributed by atoms with Crippen LogP contribution in [0.3, 0.4) is 0 Å². The van der Waals surface area contributed by atoms with Crippen LogP contribution in [0.15, 0.2) is 12.1 Å². The first-order valence-corrected chi connectivity index (χ1v) is 6.66. The van der Waals surface area contributed by atoms with Gasteiger partial charge in [-0.2, -0.15) is 0 Å². The van der Waals surface area contributed by atoms with Crippen LogP contribution in [0.5, 0.6) is 17.2 Å². The van der Waals surface area contributed by atoms with E-state index in [0.29, 0.717) is 42.6 Å². The molecule has 1 aromatic carbocycles. The smallest absolute Gasteiger partial charge is 0.251 e. The highest BCUT2D eigenvalue weighted by Crippen LogP contribution is 2.40. The third kappa shape index (κ3) is 4.41. The van der Waals surface area contributed by atoms with Crippen molar-refractivity contribution in [2.75, 3.05) is 40.5 Å². The summed E-state index contributed by atoms with van der Waals surface area (Å²) in [5.41, 5.74) is 0.510. The Morgan fingerprint density at radius 3 is 2.76 bits per heavy atom. The van der Waals surface area contributed by atoms with Crippen LogP contribution >= 0.6 is 12.4 Å². The number of hydrogen-bond acceptors (Lipinski definition) is 5. The number of methoxy groups -OCH3 is 1. The molecule has 0 spiro atoms. The summed E-state index contributed by atoms with van der Waals surface area (Å²) >= 11 is 0. The summed E-state index contributed by atoms with van der Waals surface area (Å²) in [5.74, 6) is 1.49. The topological polar surface area (TPSA) is 68.8 Å². The first kappa shape index (κ1) is 17.4. The Labute approximate surface area is 130 Å². The standard InChI is InChI=1S/C14H20N2O4.ClH/c1-15-4-3-5-16-14(17)10-8-11(18-2)13-12(9-10)19-6-7-20-13;/h8-9,15H,3-7H2,1-2H3,(H,16,17);1H. The van der Waals surface area contributed by atoms with E-state index < -0.39 is 0 Å². The maximum Gasteiger partial charge on any atom is 0.251 e. The lowest BCUT2D eigenvalue weighted by Crippen LogP contribution is -2.27. The fraction of sp³-hybridized carbons (Fsp3) is 0.500. The van der Waals surface area contributed by atoms with Crippen LogP contribution in [0, 0.1) is 0 Å². The highest BCUT2D eigenvalue weighted by atomic mass is 35.5. The molecule has 2 N–H and O–H groups in total. The van der Waals surface area contributed by atoms with Crippen molar-refractivity contribution in [1.82, 2.24) is 10.6 Å². The van der Waals surface area contributed by atoms with E-state index in [2.05, 4.69) is 10.6 Å². The number of rotatable bonds is 6. The molecule has 0 atom stereocenters. The van der Waals surface area contributed by atoms with Gasteiger partial charge in [0.25, 0.3) is 5.91 Å². The van der Waals surface area contributed by atoms with Gasteiger partial charge in [0.15, 0.2) is 11.5 Å². The second-order valence-electron chi connectivity index (χ2n) is 4.42. The van der Waals surface area contributed by atoms with Gasteiger partial charge < -0.3 is 24.8 Å². The Bertz CT molecular complexity index is 465. The molecule has 0 radical (unpaired) electrons. The molecule has 1 heterocycles. The second-order valence-corrected chi connectivity index (χ2v) is 4.42. The molecule has 0 saturated carbocycles. The SMILES string of the molecule is CNCCCNC(=O)c1cc(OC)c2c(c1)OCCO2.Cl. The van der Waals surface area contributed by atoms with Gasteiger partial charge in [0.05, 0.1) is 7.11 Å². The Kier molecular flexibility index (Phi) is 7.11. The van der Waals surface area contributed by atoms with Gasteiger partial charge in [-0.15, -0.1) is 12.4 Å². The van der Waals surface area contributed by atoms with Crippen LogP contribution in [0.1, 0.15) is 16.8 Å². The maximum atomic E-state index is 12.1. The minimum absolute atomic E-state index is 0. The Hall–Kier alpha value is -1.66. The van der Waals surface area contributed by atoms with Crippen LogP contribution in [0.25, 0.3) is 0 Å². The molecular weight excluding hydrogens is 296 g/mol. The number of carbonyl (C=O) groups is 1. The number of nitrogens with one attached hydrogen (secondary N) is 2. The molecule has 21 heavy (non-hydrogen) atoms. The van der Waals surface area contributed by atoms with Crippen LogP contribution in [0.4, 0.5) is 0 Å². The van der Waals surface area contributed by atoms with Crippen LogP contribution in [-0.2, 0) is 0 Å². The molecule has 1 aliphatic heterocycles. The molecule has 0 aliphatic carbocycles. The number of benzene rings is 1. The van der Waals surface area contributed by atoms with Gasteiger partial charge in [-0.1, -0.05) is 0 Å². The zero-order valence-corrected chi connectivity index (χ0v) is 13.0. The Morgan fingerprint density at radius 1 is 1.29 bits per heavy atom. The van der Waals surface area contributed by atoms with Crippen LogP contribution in [0.2, 0.25) is 0 Å². The molecule has 1 aliphatic rings. The lowest BCUT2D eigenvalue weighted by Gasteiger charge is -2.21. The quantitative estimate of drug-likeness (QED) is 0.773. The van der Waals surface area contributed by atoms with E-state index in [0.717, 1.165) is 13.0 Å². The highest BCUT2D eigenvalue weighted by Gasteiger charge is 2.20. The number of amides is 1. The van der Waals surface area contributed by atoms with Crippen molar-refractivity contribution in [2.45, 2.75) is 6.42 Å². The number of carbonyl (C=O) groups excluding carboxylic acids is 1. The van der Waals surface area contributed by atoms with Gasteiger partial charge in [0, 0.05) is 12.1 Å². The van der Waals surface area contributed by atoms with Gasteiger partial charge in [0.2, 0.25) is 5.75 Å². The van der Waals surface area contributed by atoms with E-state index in [1.807, 2.05) is 7.05 Å². The van der Waals surface area contributed by atoms with Crippen molar-refractivity contribution in [2.24, 2.45) is 0 Å². The summed E-state index contributed by atoms with van der Waals surface area (Å²) in [6.45, 7) is 2.45. The molecule has 1 aromatic rings. The lowest BCUT2D eigenvalue weighted by molar-refractivity contribution is 0.0951. The second kappa shape index (κ2) is 8.59. The van der Waals surface area contributed by atoms with Crippen molar-refractivity contribution in [3.05, 3.63) is 17.7 Å². The zero-order chi connectivity index (χ0) is 14.4. The van der Waals surface area contributed by atoms with Gasteiger partial charge in [-0.05, 0) is 32.1 Å². The molecule has 0 saturated heterocycles. The summed E-state index contributed by atoms with van der Waals surface area (Å²) in [7, 11) is 3.43. The van der Waals surface area contributed by atoms with Crippen molar-refractivity contribution in [1.29, 1.82) is 0 Å². The first-order valence-electron chi connectivity index (χ1n) is 6.66. The maximum absolute atomic E-state index is 12.1. The normalized spacial score (nSPS) is 12.3. The van der Waals surface area contributed by atoms with Crippen molar-refractivity contribution < 1.29 is 19.0 Å².